The van der Waals surface area contributed by atoms with Crippen molar-refractivity contribution < 1.29 is 4.79 Å². The topological polar surface area (TPSA) is 45.8 Å². The van der Waals surface area contributed by atoms with E-state index in [1.54, 1.807) is 0 Å². The number of hydrogen-bond donors (Lipinski definition) is 1. The summed E-state index contributed by atoms with van der Waals surface area (Å²) in [6, 6.07) is 7.45. The summed E-state index contributed by atoms with van der Waals surface area (Å²) in [6.45, 7) is 0. The van der Waals surface area contributed by atoms with E-state index in [9.17, 15) is 4.79 Å². The predicted molar refractivity (Wildman–Crippen MR) is 55.4 cm³/mol. The highest BCUT2D eigenvalue weighted by Gasteiger charge is 2.10. The molecule has 0 radical (unpaired) electrons. The van der Waals surface area contributed by atoms with Crippen molar-refractivity contribution in [1.29, 1.82) is 0 Å². The number of ketones is 1. The van der Waals surface area contributed by atoms with Crippen LogP contribution in [0.25, 0.3) is 10.9 Å². The number of fused-ring (bicyclic) bond motifs is 1. The molecule has 1 aromatic heterocycles. The smallest absolute Gasteiger partial charge is 0.207 e. The number of carbonyl (C=O) groups is 1. The molecule has 0 aliphatic carbocycles. The first-order chi connectivity index (χ1) is 6.83. The van der Waals surface area contributed by atoms with E-state index in [0.29, 0.717) is 5.69 Å². The fraction of sp³-hybridized carbons (Fsp3) is 0. The number of aromatic amines is 1. The van der Waals surface area contributed by atoms with Crippen LogP contribution in [0.15, 0.2) is 35.9 Å². The normalized spacial score (nSPS) is 11.2. The SMILES string of the molecule is O=C(/C=C/Cl)c1n[nH]c2ccccc12. The van der Waals surface area contributed by atoms with Gasteiger partial charge in [-0.25, -0.2) is 0 Å². The average molecular weight is 207 g/mol. The maximum atomic E-state index is 11.5. The molecule has 1 aromatic carbocycles. The van der Waals surface area contributed by atoms with Gasteiger partial charge in [0.25, 0.3) is 0 Å². The highest BCUT2D eigenvalue weighted by molar-refractivity contribution is 6.28. The van der Waals surface area contributed by atoms with Gasteiger partial charge < -0.3 is 0 Å². The van der Waals surface area contributed by atoms with E-state index in [1.165, 1.54) is 11.6 Å². The van der Waals surface area contributed by atoms with Crippen molar-refractivity contribution >= 4 is 28.3 Å². The standard InChI is InChI=1S/C10H7ClN2O/c11-6-5-9(14)10-7-3-1-2-4-8(7)12-13-10/h1-6H,(H,12,13)/b6-5+. The summed E-state index contributed by atoms with van der Waals surface area (Å²) in [5.74, 6) is -0.197. The van der Waals surface area contributed by atoms with Gasteiger partial charge in [-0.2, -0.15) is 5.10 Å². The Morgan fingerprint density at radius 2 is 2.21 bits per heavy atom. The predicted octanol–water partition coefficient (Wildman–Crippen LogP) is 2.50. The van der Waals surface area contributed by atoms with Crippen LogP contribution >= 0.6 is 11.6 Å². The second-order valence-electron chi connectivity index (χ2n) is 2.77. The van der Waals surface area contributed by atoms with E-state index in [1.807, 2.05) is 24.3 Å². The van der Waals surface area contributed by atoms with Gasteiger partial charge in [-0.15, -0.1) is 0 Å². The van der Waals surface area contributed by atoms with Gasteiger partial charge in [-0.3, -0.25) is 9.89 Å². The van der Waals surface area contributed by atoms with Crippen LogP contribution in [0, 0.1) is 0 Å². The first-order valence-corrected chi connectivity index (χ1v) is 4.51. The summed E-state index contributed by atoms with van der Waals surface area (Å²) in [5.41, 5.74) is 2.43. The van der Waals surface area contributed by atoms with E-state index in [-0.39, 0.29) is 5.78 Å². The van der Waals surface area contributed by atoms with E-state index in [4.69, 9.17) is 11.6 Å². The second kappa shape index (κ2) is 3.64. The highest BCUT2D eigenvalue weighted by atomic mass is 35.5. The minimum absolute atomic E-state index is 0.197. The van der Waals surface area contributed by atoms with Crippen LogP contribution in [0.5, 0.6) is 0 Å². The molecule has 0 bridgehead atoms. The number of carbonyl (C=O) groups excluding carboxylic acids is 1. The number of allylic oxidation sites excluding steroid dienone is 1. The van der Waals surface area contributed by atoms with Crippen LogP contribution in [-0.2, 0) is 0 Å². The molecule has 0 amide bonds. The summed E-state index contributed by atoms with van der Waals surface area (Å²) < 4.78 is 0. The number of rotatable bonds is 2. The summed E-state index contributed by atoms with van der Waals surface area (Å²) in [6.07, 6.45) is 1.28. The average Bonchev–Trinajstić information content (AvgIpc) is 2.61. The van der Waals surface area contributed by atoms with Crippen LogP contribution < -0.4 is 0 Å². The number of nitrogens with zero attached hydrogens (tertiary/aromatic N) is 1. The second-order valence-corrected chi connectivity index (χ2v) is 3.03. The van der Waals surface area contributed by atoms with Gasteiger partial charge in [0.05, 0.1) is 5.52 Å². The molecule has 14 heavy (non-hydrogen) atoms. The molecule has 2 aromatic rings. The molecular weight excluding hydrogens is 200 g/mol. The zero-order valence-electron chi connectivity index (χ0n) is 7.20. The molecule has 0 fully saturated rings. The Hall–Kier alpha value is -1.61. The van der Waals surface area contributed by atoms with Gasteiger partial charge in [-0.1, -0.05) is 29.8 Å². The number of nitrogens with one attached hydrogen (secondary N) is 1. The molecule has 0 aliphatic heterocycles. The van der Waals surface area contributed by atoms with Crippen molar-refractivity contribution in [2.24, 2.45) is 0 Å². The van der Waals surface area contributed by atoms with E-state index in [2.05, 4.69) is 10.2 Å². The zero-order valence-corrected chi connectivity index (χ0v) is 7.95. The van der Waals surface area contributed by atoms with E-state index >= 15 is 0 Å². The summed E-state index contributed by atoms with van der Waals surface area (Å²) in [7, 11) is 0. The third-order valence-corrected chi connectivity index (χ3v) is 2.04. The number of halogens is 1. The van der Waals surface area contributed by atoms with Gasteiger partial charge in [0, 0.05) is 10.9 Å². The van der Waals surface area contributed by atoms with Crippen molar-refractivity contribution in [3.05, 3.63) is 41.6 Å². The Morgan fingerprint density at radius 1 is 1.43 bits per heavy atom. The lowest BCUT2D eigenvalue weighted by molar-refractivity contribution is 0.104. The number of aromatic nitrogens is 2. The minimum atomic E-state index is -0.197. The molecule has 70 valence electrons. The fourth-order valence-corrected chi connectivity index (χ4v) is 1.40. The Labute approximate surface area is 85.4 Å². The quantitative estimate of drug-likeness (QED) is 0.606. The van der Waals surface area contributed by atoms with Crippen molar-refractivity contribution in [1.82, 2.24) is 10.2 Å². The molecule has 3 nitrogen and oxygen atoms in total. The van der Waals surface area contributed by atoms with Gasteiger partial charge in [0.2, 0.25) is 5.78 Å². The summed E-state index contributed by atoms with van der Waals surface area (Å²) in [4.78, 5) is 11.5. The van der Waals surface area contributed by atoms with Gasteiger partial charge in [-0.05, 0) is 12.1 Å². The largest absolute Gasteiger partial charge is 0.287 e. The molecular formula is C10H7ClN2O. The van der Waals surface area contributed by atoms with Crippen molar-refractivity contribution in [2.75, 3.05) is 0 Å². The number of para-hydroxylation sites is 1. The van der Waals surface area contributed by atoms with Crippen molar-refractivity contribution in [3.63, 3.8) is 0 Å². The summed E-state index contributed by atoms with van der Waals surface area (Å²) in [5, 5.41) is 7.52. The minimum Gasteiger partial charge on any atom is -0.287 e. The van der Waals surface area contributed by atoms with Crippen LogP contribution in [0.2, 0.25) is 0 Å². The lowest BCUT2D eigenvalue weighted by Gasteiger charge is -1.89. The van der Waals surface area contributed by atoms with Crippen LogP contribution in [0.3, 0.4) is 0 Å². The Kier molecular flexibility index (Phi) is 2.33. The van der Waals surface area contributed by atoms with Gasteiger partial charge in [0.1, 0.15) is 5.69 Å². The Morgan fingerprint density at radius 3 is 3.00 bits per heavy atom. The fourth-order valence-electron chi connectivity index (χ4n) is 1.29. The van der Waals surface area contributed by atoms with Crippen LogP contribution in [0.1, 0.15) is 10.5 Å². The Balaban J connectivity index is 2.58. The first-order valence-electron chi connectivity index (χ1n) is 4.07. The molecule has 0 saturated heterocycles. The molecule has 0 atom stereocenters. The van der Waals surface area contributed by atoms with Gasteiger partial charge in [0.15, 0.2) is 0 Å². The lowest BCUT2D eigenvalue weighted by atomic mass is 10.1. The molecule has 0 aliphatic rings. The third kappa shape index (κ3) is 1.42. The maximum absolute atomic E-state index is 11.5. The maximum Gasteiger partial charge on any atom is 0.207 e. The Bertz CT molecular complexity index is 502. The molecule has 2 rings (SSSR count). The molecule has 4 heteroatoms. The zero-order chi connectivity index (χ0) is 9.97. The summed E-state index contributed by atoms with van der Waals surface area (Å²) >= 11 is 5.33. The molecule has 1 N–H and O–H groups in total. The monoisotopic (exact) mass is 206 g/mol. The third-order valence-electron chi connectivity index (χ3n) is 1.92. The molecule has 0 saturated carbocycles. The first kappa shape index (κ1) is 8.97. The molecule has 0 spiro atoms. The number of hydrogen-bond acceptors (Lipinski definition) is 2. The van der Waals surface area contributed by atoms with Crippen molar-refractivity contribution in [2.45, 2.75) is 0 Å². The molecule has 1 heterocycles. The molecule has 0 unspecified atom stereocenters. The van der Waals surface area contributed by atoms with Crippen LogP contribution in [-0.4, -0.2) is 16.0 Å². The lowest BCUT2D eigenvalue weighted by Crippen LogP contribution is -1.94. The van der Waals surface area contributed by atoms with E-state index in [0.717, 1.165) is 10.9 Å². The van der Waals surface area contributed by atoms with Crippen LogP contribution in [0.4, 0.5) is 0 Å². The van der Waals surface area contributed by atoms with E-state index < -0.39 is 0 Å². The van der Waals surface area contributed by atoms with Gasteiger partial charge >= 0.3 is 0 Å². The number of benzene rings is 1. The number of H-pyrrole nitrogens is 1. The highest BCUT2D eigenvalue weighted by Crippen LogP contribution is 2.15. The van der Waals surface area contributed by atoms with Crippen molar-refractivity contribution in [3.8, 4) is 0 Å².